The van der Waals surface area contributed by atoms with Gasteiger partial charge in [0.25, 0.3) is 5.91 Å². The van der Waals surface area contributed by atoms with E-state index in [2.05, 4.69) is 0 Å². The van der Waals surface area contributed by atoms with Gasteiger partial charge in [-0.05, 0) is 54.8 Å². The van der Waals surface area contributed by atoms with E-state index in [1.165, 1.54) is 6.07 Å². The lowest BCUT2D eigenvalue weighted by Crippen LogP contribution is -2.43. The molecule has 2 aromatic rings. The van der Waals surface area contributed by atoms with E-state index in [1.54, 1.807) is 35.2 Å². The van der Waals surface area contributed by atoms with E-state index >= 15 is 0 Å². The quantitative estimate of drug-likeness (QED) is 0.711. The second-order valence-electron chi connectivity index (χ2n) is 6.53. The van der Waals surface area contributed by atoms with Crippen LogP contribution in [0.15, 0.2) is 48.5 Å². The summed E-state index contributed by atoms with van der Waals surface area (Å²) in [6, 6.07) is 11.8. The van der Waals surface area contributed by atoms with Crippen LogP contribution in [0.1, 0.15) is 34.3 Å². The summed E-state index contributed by atoms with van der Waals surface area (Å²) in [4.78, 5) is 14.3. The van der Waals surface area contributed by atoms with Gasteiger partial charge >= 0.3 is 6.18 Å². The fourth-order valence-corrected chi connectivity index (χ4v) is 3.21. The highest BCUT2D eigenvalue weighted by atomic mass is 35.5. The minimum Gasteiger partial charge on any atom is -0.372 e. The Bertz CT molecular complexity index is 793. The Morgan fingerprint density at radius 1 is 1.19 bits per heavy atom. The Morgan fingerprint density at radius 2 is 1.93 bits per heavy atom. The van der Waals surface area contributed by atoms with Crippen LogP contribution in [0.25, 0.3) is 0 Å². The minimum absolute atomic E-state index is 0.0809. The summed E-state index contributed by atoms with van der Waals surface area (Å²) < 4.78 is 44.2. The number of carbonyl (C=O) groups is 1. The van der Waals surface area contributed by atoms with Gasteiger partial charge in [0.15, 0.2) is 0 Å². The Labute approximate surface area is 160 Å². The molecule has 0 spiro atoms. The number of amides is 1. The number of piperidine rings is 1. The largest absolute Gasteiger partial charge is 0.416 e. The Balaban J connectivity index is 1.59. The summed E-state index contributed by atoms with van der Waals surface area (Å²) in [6.07, 6.45) is -3.02. The van der Waals surface area contributed by atoms with Gasteiger partial charge in [-0.15, -0.1) is 0 Å². The second kappa shape index (κ2) is 8.31. The van der Waals surface area contributed by atoms with Gasteiger partial charge in [0.2, 0.25) is 0 Å². The number of ether oxygens (including phenoxy) is 1. The van der Waals surface area contributed by atoms with Crippen LogP contribution < -0.4 is 0 Å². The molecule has 3 rings (SSSR count). The van der Waals surface area contributed by atoms with E-state index in [0.29, 0.717) is 29.2 Å². The predicted octanol–water partition coefficient (Wildman–Crippen LogP) is 5.18. The van der Waals surface area contributed by atoms with Crippen molar-refractivity contribution in [3.05, 3.63) is 70.2 Å². The van der Waals surface area contributed by atoms with Crippen molar-refractivity contribution in [1.29, 1.82) is 0 Å². The summed E-state index contributed by atoms with van der Waals surface area (Å²) in [5.74, 6) is -0.0981. The Kier molecular flexibility index (Phi) is 6.07. The third kappa shape index (κ3) is 5.23. The molecule has 1 heterocycles. The number of hydrogen-bond acceptors (Lipinski definition) is 2. The van der Waals surface area contributed by atoms with Crippen LogP contribution in [0.5, 0.6) is 0 Å². The van der Waals surface area contributed by atoms with Crippen LogP contribution in [-0.4, -0.2) is 30.0 Å². The second-order valence-corrected chi connectivity index (χ2v) is 6.97. The van der Waals surface area contributed by atoms with Gasteiger partial charge in [-0.2, -0.15) is 13.2 Å². The molecule has 2 aromatic carbocycles. The molecule has 0 bridgehead atoms. The number of alkyl halides is 3. The summed E-state index contributed by atoms with van der Waals surface area (Å²) in [6.45, 7) is 1.13. The highest BCUT2D eigenvalue weighted by Gasteiger charge is 2.30. The Morgan fingerprint density at radius 3 is 2.63 bits per heavy atom. The van der Waals surface area contributed by atoms with E-state index in [1.807, 2.05) is 0 Å². The number of nitrogens with zero attached hydrogens (tertiary/aromatic N) is 1. The molecule has 1 fully saturated rings. The van der Waals surface area contributed by atoms with Crippen LogP contribution in [0, 0.1) is 0 Å². The van der Waals surface area contributed by atoms with Gasteiger partial charge in [0.05, 0.1) is 18.3 Å². The molecule has 0 unspecified atom stereocenters. The van der Waals surface area contributed by atoms with E-state index in [9.17, 15) is 18.0 Å². The molecule has 0 saturated carbocycles. The van der Waals surface area contributed by atoms with Gasteiger partial charge in [-0.25, -0.2) is 0 Å². The van der Waals surface area contributed by atoms with E-state index in [4.69, 9.17) is 16.3 Å². The molecule has 0 N–H and O–H groups in total. The van der Waals surface area contributed by atoms with Gasteiger partial charge in [-0.3, -0.25) is 4.79 Å². The molecule has 0 radical (unpaired) electrons. The van der Waals surface area contributed by atoms with Crippen LogP contribution in [0.2, 0.25) is 5.02 Å². The zero-order chi connectivity index (χ0) is 19.4. The summed E-state index contributed by atoms with van der Waals surface area (Å²) >= 11 is 5.85. The molecule has 1 amide bonds. The van der Waals surface area contributed by atoms with Crippen molar-refractivity contribution in [3.8, 4) is 0 Å². The van der Waals surface area contributed by atoms with Gasteiger partial charge < -0.3 is 9.64 Å². The molecule has 0 aromatic heterocycles. The predicted molar refractivity (Wildman–Crippen MR) is 96.6 cm³/mol. The average Bonchev–Trinajstić information content (AvgIpc) is 2.66. The number of hydrogen-bond donors (Lipinski definition) is 0. The molecule has 1 aliphatic rings. The van der Waals surface area contributed by atoms with Crippen molar-refractivity contribution in [2.45, 2.75) is 31.7 Å². The number of carbonyl (C=O) groups excluding carboxylic acids is 1. The van der Waals surface area contributed by atoms with Gasteiger partial charge in [0.1, 0.15) is 0 Å². The number of halogens is 4. The van der Waals surface area contributed by atoms with Crippen molar-refractivity contribution < 1.29 is 22.7 Å². The molecular formula is C20H19ClF3NO2. The number of likely N-dealkylation sites (tertiary alicyclic amines) is 1. The zero-order valence-corrected chi connectivity index (χ0v) is 15.3. The summed E-state index contributed by atoms with van der Waals surface area (Å²) in [5, 5.41) is 0.562. The molecule has 1 aliphatic heterocycles. The summed E-state index contributed by atoms with van der Waals surface area (Å²) in [7, 11) is 0. The summed E-state index contributed by atoms with van der Waals surface area (Å²) in [5.41, 5.74) is 0.329. The van der Waals surface area contributed by atoms with Crippen LogP contribution in [0.3, 0.4) is 0 Å². The van der Waals surface area contributed by atoms with Crippen molar-refractivity contribution in [1.82, 2.24) is 4.90 Å². The molecule has 3 nitrogen and oxygen atoms in total. The number of rotatable bonds is 4. The first-order valence-electron chi connectivity index (χ1n) is 8.65. The van der Waals surface area contributed by atoms with Crippen molar-refractivity contribution in [2.24, 2.45) is 0 Å². The molecule has 0 aliphatic carbocycles. The fourth-order valence-electron chi connectivity index (χ4n) is 3.09. The zero-order valence-electron chi connectivity index (χ0n) is 14.5. The molecular weight excluding hydrogens is 379 g/mol. The van der Waals surface area contributed by atoms with E-state index in [-0.39, 0.29) is 18.6 Å². The third-order valence-electron chi connectivity index (χ3n) is 4.50. The highest BCUT2D eigenvalue weighted by Crippen LogP contribution is 2.30. The average molecular weight is 398 g/mol. The van der Waals surface area contributed by atoms with Crippen molar-refractivity contribution >= 4 is 17.5 Å². The van der Waals surface area contributed by atoms with Gasteiger partial charge in [-0.1, -0.05) is 23.7 Å². The molecule has 144 valence electrons. The molecule has 1 atom stereocenters. The van der Waals surface area contributed by atoms with E-state index < -0.39 is 11.7 Å². The number of benzene rings is 2. The van der Waals surface area contributed by atoms with Crippen LogP contribution >= 0.6 is 11.6 Å². The first-order chi connectivity index (χ1) is 12.8. The monoisotopic (exact) mass is 397 g/mol. The normalized spacial score (nSPS) is 17.8. The highest BCUT2D eigenvalue weighted by molar-refractivity contribution is 6.30. The lowest BCUT2D eigenvalue weighted by Gasteiger charge is -2.32. The Hall–Kier alpha value is -2.05. The van der Waals surface area contributed by atoms with Crippen LogP contribution in [-0.2, 0) is 17.5 Å². The van der Waals surface area contributed by atoms with Crippen molar-refractivity contribution in [2.75, 3.05) is 13.1 Å². The van der Waals surface area contributed by atoms with Crippen molar-refractivity contribution in [3.63, 3.8) is 0 Å². The topological polar surface area (TPSA) is 29.5 Å². The first kappa shape index (κ1) is 19.7. The standard InChI is InChI=1S/C20H19ClF3NO2/c21-17-8-6-15(7-9-17)19(26)25-10-2-5-18(12-25)27-13-14-3-1-4-16(11-14)20(22,23)24/h1,3-4,6-9,11,18H,2,5,10,12-13H2/t18-/m0/s1. The van der Waals surface area contributed by atoms with E-state index in [0.717, 1.165) is 25.0 Å². The lowest BCUT2D eigenvalue weighted by atomic mass is 10.1. The molecule has 7 heteroatoms. The lowest BCUT2D eigenvalue weighted by molar-refractivity contribution is -0.137. The maximum atomic E-state index is 12.8. The molecule has 27 heavy (non-hydrogen) atoms. The minimum atomic E-state index is -4.37. The molecule has 1 saturated heterocycles. The third-order valence-corrected chi connectivity index (χ3v) is 4.75. The maximum absolute atomic E-state index is 12.8. The van der Waals surface area contributed by atoms with Crippen LogP contribution in [0.4, 0.5) is 13.2 Å². The smallest absolute Gasteiger partial charge is 0.372 e. The van der Waals surface area contributed by atoms with Gasteiger partial charge in [0, 0.05) is 23.7 Å². The SMILES string of the molecule is O=C(c1ccc(Cl)cc1)N1CCC[C@H](OCc2cccc(C(F)(F)F)c2)C1. The fraction of sp³-hybridized carbons (Fsp3) is 0.350. The first-order valence-corrected chi connectivity index (χ1v) is 9.03. The maximum Gasteiger partial charge on any atom is 0.416 e.